The maximum absolute atomic E-state index is 13.7. The zero-order valence-electron chi connectivity index (χ0n) is 9.60. The first-order chi connectivity index (χ1) is 8.63. The smallest absolute Gasteiger partial charge is 0.137 e. The minimum atomic E-state index is -1.09. The molecule has 0 saturated heterocycles. The quantitative estimate of drug-likeness (QED) is 0.947. The topological polar surface area (TPSA) is 42.4 Å². The van der Waals surface area contributed by atoms with Crippen LogP contribution in [0.1, 0.15) is 17.2 Å². The predicted octanol–water partition coefficient (Wildman–Crippen LogP) is 3.07. The molecule has 1 N–H and O–H groups in total. The lowest BCUT2D eigenvalue weighted by Gasteiger charge is -2.14. The van der Waals surface area contributed by atoms with E-state index in [-0.39, 0.29) is 5.56 Å². The van der Waals surface area contributed by atoms with Crippen molar-refractivity contribution in [3.05, 3.63) is 58.1 Å². The van der Waals surface area contributed by atoms with Crippen LogP contribution in [-0.2, 0) is 0 Å². The highest BCUT2D eigenvalue weighted by Crippen LogP contribution is 2.31. The molecule has 0 radical (unpaired) electrons. The number of aliphatic hydroxyl groups excluding tert-OH is 1. The summed E-state index contributed by atoms with van der Waals surface area (Å²) in [6.07, 6.45) is 1.90. The van der Waals surface area contributed by atoms with Gasteiger partial charge in [-0.15, -0.1) is 0 Å². The van der Waals surface area contributed by atoms with Crippen molar-refractivity contribution in [1.29, 1.82) is 0 Å². The first kappa shape index (κ1) is 13.0. The first-order valence-electron chi connectivity index (χ1n) is 5.24. The molecule has 1 heterocycles. The fourth-order valence-electron chi connectivity index (χ4n) is 1.64. The Labute approximate surface area is 112 Å². The predicted molar refractivity (Wildman–Crippen MR) is 69.0 cm³/mol. The largest absolute Gasteiger partial charge is 0.495 e. The molecule has 0 aliphatic heterocycles. The third-order valence-corrected chi connectivity index (χ3v) is 3.25. The van der Waals surface area contributed by atoms with Gasteiger partial charge in [0.1, 0.15) is 17.7 Å². The van der Waals surface area contributed by atoms with Crippen LogP contribution in [-0.4, -0.2) is 17.2 Å². The summed E-state index contributed by atoms with van der Waals surface area (Å²) in [4.78, 5) is 3.94. The van der Waals surface area contributed by atoms with Crippen LogP contribution in [0.2, 0.25) is 0 Å². The number of methoxy groups -OCH3 is 1. The van der Waals surface area contributed by atoms with Crippen LogP contribution in [0.3, 0.4) is 0 Å². The summed E-state index contributed by atoms with van der Waals surface area (Å²) in [6, 6.07) is 6.17. The molecule has 1 aromatic heterocycles. The number of pyridine rings is 1. The zero-order valence-corrected chi connectivity index (χ0v) is 11.2. The lowest BCUT2D eigenvalue weighted by Crippen LogP contribution is -2.04. The van der Waals surface area contributed by atoms with E-state index in [9.17, 15) is 9.50 Å². The van der Waals surface area contributed by atoms with E-state index in [1.807, 2.05) is 0 Å². The summed E-state index contributed by atoms with van der Waals surface area (Å²) in [7, 11) is 1.51. The van der Waals surface area contributed by atoms with Crippen LogP contribution in [0, 0.1) is 5.82 Å². The van der Waals surface area contributed by atoms with Gasteiger partial charge in [-0.2, -0.15) is 0 Å². The van der Waals surface area contributed by atoms with E-state index < -0.39 is 11.9 Å². The minimum Gasteiger partial charge on any atom is -0.495 e. The molecule has 3 nitrogen and oxygen atoms in total. The highest BCUT2D eigenvalue weighted by atomic mass is 79.9. The summed E-state index contributed by atoms with van der Waals surface area (Å²) >= 11 is 3.23. The van der Waals surface area contributed by atoms with Gasteiger partial charge in [-0.05, 0) is 18.2 Å². The average Bonchev–Trinajstić information content (AvgIpc) is 2.38. The summed E-state index contributed by atoms with van der Waals surface area (Å²) in [5.74, 6) is 0.0405. The van der Waals surface area contributed by atoms with Crippen molar-refractivity contribution >= 4 is 15.9 Å². The average molecular weight is 312 g/mol. The lowest BCUT2D eigenvalue weighted by molar-refractivity contribution is 0.213. The van der Waals surface area contributed by atoms with Gasteiger partial charge in [-0.3, -0.25) is 4.98 Å². The van der Waals surface area contributed by atoms with Crippen LogP contribution in [0.25, 0.3) is 0 Å². The Hall–Kier alpha value is -1.46. The van der Waals surface area contributed by atoms with Gasteiger partial charge < -0.3 is 9.84 Å². The van der Waals surface area contributed by atoms with Crippen molar-refractivity contribution in [2.45, 2.75) is 6.10 Å². The molecule has 0 saturated carbocycles. The highest BCUT2D eigenvalue weighted by molar-refractivity contribution is 9.10. The van der Waals surface area contributed by atoms with Gasteiger partial charge in [0.15, 0.2) is 0 Å². The highest BCUT2D eigenvalue weighted by Gasteiger charge is 2.18. The fourth-order valence-corrected chi connectivity index (χ4v) is 2.19. The van der Waals surface area contributed by atoms with Crippen molar-refractivity contribution < 1.29 is 14.2 Å². The molecule has 0 spiro atoms. The Morgan fingerprint density at radius 1 is 1.39 bits per heavy atom. The number of aromatic nitrogens is 1. The molecule has 0 aliphatic carbocycles. The van der Waals surface area contributed by atoms with Crippen molar-refractivity contribution in [2.24, 2.45) is 0 Å². The number of hydrogen-bond donors (Lipinski definition) is 1. The molecular weight excluding hydrogens is 301 g/mol. The van der Waals surface area contributed by atoms with Crippen molar-refractivity contribution in [3.63, 3.8) is 0 Å². The van der Waals surface area contributed by atoms with Gasteiger partial charge >= 0.3 is 0 Å². The monoisotopic (exact) mass is 311 g/mol. The van der Waals surface area contributed by atoms with E-state index in [0.717, 1.165) is 0 Å². The Morgan fingerprint density at radius 2 is 2.17 bits per heavy atom. The Kier molecular flexibility index (Phi) is 3.93. The van der Waals surface area contributed by atoms with Crippen LogP contribution in [0.4, 0.5) is 4.39 Å². The molecule has 2 rings (SSSR count). The Balaban J connectivity index is 2.44. The number of nitrogens with zero attached hydrogens (tertiary/aromatic N) is 1. The molecule has 5 heteroatoms. The van der Waals surface area contributed by atoms with Gasteiger partial charge in [-0.25, -0.2) is 4.39 Å². The maximum Gasteiger partial charge on any atom is 0.137 e. The van der Waals surface area contributed by atoms with Crippen LogP contribution in [0.5, 0.6) is 5.75 Å². The standard InChI is InChI=1S/C13H11BrFNO2/c1-18-9-5-8(6-16-7-9)13(17)12-10(14)3-2-4-11(12)15/h2-7,13,17H,1H3. The first-order valence-corrected chi connectivity index (χ1v) is 6.03. The van der Waals surface area contributed by atoms with Crippen molar-refractivity contribution in [2.75, 3.05) is 7.11 Å². The van der Waals surface area contributed by atoms with Gasteiger partial charge in [-0.1, -0.05) is 22.0 Å². The summed E-state index contributed by atoms with van der Waals surface area (Å²) in [6.45, 7) is 0. The van der Waals surface area contributed by atoms with E-state index in [2.05, 4.69) is 20.9 Å². The minimum absolute atomic E-state index is 0.188. The third-order valence-electron chi connectivity index (χ3n) is 2.56. The van der Waals surface area contributed by atoms with Crippen LogP contribution >= 0.6 is 15.9 Å². The van der Waals surface area contributed by atoms with E-state index >= 15 is 0 Å². The second kappa shape index (κ2) is 5.46. The number of ether oxygens (including phenoxy) is 1. The molecular formula is C13H11BrFNO2. The maximum atomic E-state index is 13.7. The van der Waals surface area contributed by atoms with Gasteiger partial charge in [0, 0.05) is 21.8 Å². The molecule has 0 amide bonds. The Bertz CT molecular complexity index is 542. The molecule has 2 aromatic rings. The summed E-state index contributed by atoms with van der Waals surface area (Å²) < 4.78 is 19.3. The third kappa shape index (κ3) is 2.52. The molecule has 0 bridgehead atoms. The molecule has 94 valence electrons. The number of halogens is 2. The van der Waals surface area contributed by atoms with E-state index in [1.165, 1.54) is 25.6 Å². The summed E-state index contributed by atoms with van der Waals surface area (Å²) in [5, 5.41) is 10.2. The van der Waals surface area contributed by atoms with E-state index in [0.29, 0.717) is 15.8 Å². The number of aliphatic hydroxyl groups is 1. The zero-order chi connectivity index (χ0) is 13.1. The fraction of sp³-hybridized carbons (Fsp3) is 0.154. The van der Waals surface area contributed by atoms with Crippen LogP contribution < -0.4 is 4.74 Å². The molecule has 0 aliphatic rings. The van der Waals surface area contributed by atoms with E-state index in [1.54, 1.807) is 18.2 Å². The van der Waals surface area contributed by atoms with Gasteiger partial charge in [0.2, 0.25) is 0 Å². The number of benzene rings is 1. The number of rotatable bonds is 3. The second-order valence-corrected chi connectivity index (χ2v) is 4.55. The normalized spacial score (nSPS) is 12.2. The van der Waals surface area contributed by atoms with Crippen LogP contribution in [0.15, 0.2) is 41.1 Å². The van der Waals surface area contributed by atoms with Gasteiger partial charge in [0.05, 0.1) is 13.3 Å². The van der Waals surface area contributed by atoms with Gasteiger partial charge in [0.25, 0.3) is 0 Å². The summed E-state index contributed by atoms with van der Waals surface area (Å²) in [5.41, 5.74) is 0.660. The molecule has 18 heavy (non-hydrogen) atoms. The molecule has 1 atom stereocenters. The lowest BCUT2D eigenvalue weighted by atomic mass is 10.0. The SMILES string of the molecule is COc1cncc(C(O)c2c(F)cccc2Br)c1. The molecule has 1 aromatic carbocycles. The molecule has 0 fully saturated rings. The Morgan fingerprint density at radius 3 is 2.83 bits per heavy atom. The van der Waals surface area contributed by atoms with Crippen molar-refractivity contribution in [1.82, 2.24) is 4.98 Å². The molecule has 1 unspecified atom stereocenters. The second-order valence-electron chi connectivity index (χ2n) is 3.70. The van der Waals surface area contributed by atoms with Crippen molar-refractivity contribution in [3.8, 4) is 5.75 Å². The number of hydrogen-bond acceptors (Lipinski definition) is 3. The van der Waals surface area contributed by atoms with E-state index in [4.69, 9.17) is 4.74 Å².